The highest BCUT2D eigenvalue weighted by Crippen LogP contribution is 2.09. The van der Waals surface area contributed by atoms with Crippen LogP contribution in [0.4, 0.5) is 0 Å². The lowest BCUT2D eigenvalue weighted by molar-refractivity contribution is 0.0310. The number of primary sulfonamides is 1. The normalized spacial score (nSPS) is 13.0. The third-order valence-electron chi connectivity index (χ3n) is 3.47. The number of nitrogens with one attached hydrogen (secondary N) is 2. The van der Waals surface area contributed by atoms with Gasteiger partial charge in [-0.1, -0.05) is 12.1 Å². The van der Waals surface area contributed by atoms with E-state index in [2.05, 4.69) is 15.6 Å². The highest BCUT2D eigenvalue weighted by Gasteiger charge is 2.15. The van der Waals surface area contributed by atoms with Gasteiger partial charge >= 0.3 is 0 Å². The predicted octanol–water partition coefficient (Wildman–Crippen LogP) is 0.857. The number of nitrogens with two attached hydrogens (primary N) is 1. The van der Waals surface area contributed by atoms with Gasteiger partial charge in [-0.15, -0.1) is 0 Å². The van der Waals surface area contributed by atoms with Gasteiger partial charge in [0.2, 0.25) is 10.0 Å². The lowest BCUT2D eigenvalue weighted by atomic mass is 10.1. The van der Waals surface area contributed by atoms with Crippen LogP contribution in [0.5, 0.6) is 0 Å². The lowest BCUT2D eigenvalue weighted by Gasteiger charge is -2.21. The highest BCUT2D eigenvalue weighted by atomic mass is 32.2. The second-order valence-corrected chi connectivity index (χ2v) is 7.59. The van der Waals surface area contributed by atoms with Gasteiger partial charge < -0.3 is 15.4 Å². The molecule has 0 radical (unpaired) electrons. The number of methoxy groups -OCH3 is 1. The number of sulfonamides is 1. The summed E-state index contributed by atoms with van der Waals surface area (Å²) in [7, 11) is -1.97. The molecule has 0 fully saturated rings. The minimum Gasteiger partial charge on any atom is -0.377 e. The Balaban J connectivity index is 2.57. The first-order valence-electron chi connectivity index (χ1n) is 7.87. The third-order valence-corrected chi connectivity index (χ3v) is 4.40. The van der Waals surface area contributed by atoms with Crippen LogP contribution >= 0.6 is 0 Å². The maximum Gasteiger partial charge on any atom is 0.238 e. The van der Waals surface area contributed by atoms with Crippen molar-refractivity contribution in [2.75, 3.05) is 26.7 Å². The Labute approximate surface area is 144 Å². The Kier molecular flexibility index (Phi) is 7.65. The quantitative estimate of drug-likeness (QED) is 0.473. The van der Waals surface area contributed by atoms with Crippen molar-refractivity contribution in [3.8, 4) is 0 Å². The number of hydrogen-bond acceptors (Lipinski definition) is 4. The maximum atomic E-state index is 11.2. The second-order valence-electron chi connectivity index (χ2n) is 6.02. The van der Waals surface area contributed by atoms with Crippen molar-refractivity contribution in [2.45, 2.75) is 37.7 Å². The Hall–Kier alpha value is -1.64. The van der Waals surface area contributed by atoms with E-state index in [0.717, 1.165) is 24.5 Å². The molecule has 0 atom stereocenters. The summed E-state index contributed by atoms with van der Waals surface area (Å²) in [5.74, 6) is 0.726. The fraction of sp³-hybridized carbons (Fsp3) is 0.562. The zero-order valence-corrected chi connectivity index (χ0v) is 15.6. The van der Waals surface area contributed by atoms with E-state index in [4.69, 9.17) is 9.88 Å². The van der Waals surface area contributed by atoms with E-state index in [1.165, 1.54) is 12.1 Å². The van der Waals surface area contributed by atoms with Crippen molar-refractivity contribution in [3.63, 3.8) is 0 Å². The zero-order valence-electron chi connectivity index (χ0n) is 14.8. The first-order chi connectivity index (χ1) is 11.2. The average Bonchev–Trinajstić information content (AvgIpc) is 2.52. The van der Waals surface area contributed by atoms with Crippen LogP contribution in [-0.2, 0) is 21.2 Å². The van der Waals surface area contributed by atoms with Crippen LogP contribution in [0.25, 0.3) is 0 Å². The Morgan fingerprint density at radius 3 is 2.38 bits per heavy atom. The van der Waals surface area contributed by atoms with Crippen LogP contribution in [0.15, 0.2) is 34.2 Å². The molecule has 0 bridgehead atoms. The second kappa shape index (κ2) is 9.00. The van der Waals surface area contributed by atoms with Gasteiger partial charge in [0.05, 0.1) is 17.0 Å². The Morgan fingerprint density at radius 2 is 1.88 bits per heavy atom. The van der Waals surface area contributed by atoms with Gasteiger partial charge in [0.25, 0.3) is 0 Å². The molecule has 0 aliphatic carbocycles. The number of benzene rings is 1. The van der Waals surface area contributed by atoms with Crippen LogP contribution < -0.4 is 15.8 Å². The van der Waals surface area contributed by atoms with E-state index in [1.54, 1.807) is 19.2 Å². The molecular weight excluding hydrogens is 328 g/mol. The molecular formula is C16H28N4O3S. The van der Waals surface area contributed by atoms with E-state index < -0.39 is 10.0 Å². The average molecular weight is 356 g/mol. The topological polar surface area (TPSA) is 106 Å². The summed E-state index contributed by atoms with van der Waals surface area (Å²) in [5, 5.41) is 11.5. The highest BCUT2D eigenvalue weighted by molar-refractivity contribution is 7.89. The molecule has 0 aliphatic heterocycles. The van der Waals surface area contributed by atoms with Crippen molar-refractivity contribution >= 4 is 16.0 Å². The van der Waals surface area contributed by atoms with Crippen molar-refractivity contribution < 1.29 is 13.2 Å². The van der Waals surface area contributed by atoms with Crippen molar-refractivity contribution in [2.24, 2.45) is 10.1 Å². The van der Waals surface area contributed by atoms with Gasteiger partial charge in [-0.3, -0.25) is 4.99 Å². The SMILES string of the molecule is CCNC(=NCC(C)(C)OC)NCCc1ccc(S(N)(=O)=O)cc1. The molecule has 1 aromatic carbocycles. The molecule has 8 heteroatoms. The van der Waals surface area contributed by atoms with Crippen molar-refractivity contribution in [3.05, 3.63) is 29.8 Å². The molecule has 24 heavy (non-hydrogen) atoms. The monoisotopic (exact) mass is 356 g/mol. The third kappa shape index (κ3) is 7.29. The summed E-state index contributed by atoms with van der Waals surface area (Å²) in [6.07, 6.45) is 0.739. The smallest absolute Gasteiger partial charge is 0.238 e. The number of rotatable bonds is 8. The fourth-order valence-corrected chi connectivity index (χ4v) is 2.36. The van der Waals surface area contributed by atoms with Crippen LogP contribution in [0, 0.1) is 0 Å². The summed E-state index contributed by atoms with van der Waals surface area (Å²) in [6, 6.07) is 6.56. The van der Waals surface area contributed by atoms with Crippen LogP contribution in [0.2, 0.25) is 0 Å². The number of ether oxygens (including phenoxy) is 1. The predicted molar refractivity (Wildman–Crippen MR) is 96.6 cm³/mol. The van der Waals surface area contributed by atoms with Crippen LogP contribution in [-0.4, -0.2) is 46.7 Å². The minimum atomic E-state index is -3.64. The molecule has 1 aromatic rings. The van der Waals surface area contributed by atoms with E-state index in [1.807, 2.05) is 20.8 Å². The fourth-order valence-electron chi connectivity index (χ4n) is 1.85. The van der Waals surface area contributed by atoms with Gasteiger partial charge in [0.1, 0.15) is 0 Å². The summed E-state index contributed by atoms with van der Waals surface area (Å²) < 4.78 is 27.8. The first-order valence-corrected chi connectivity index (χ1v) is 9.41. The standard InChI is InChI=1S/C16H28N4O3S/c1-5-18-15(20-12-16(2,3)23-4)19-11-10-13-6-8-14(9-7-13)24(17,21)22/h6-9H,5,10-12H2,1-4H3,(H2,17,21,22)(H2,18,19,20). The molecule has 1 rings (SSSR count). The minimum absolute atomic E-state index is 0.121. The van der Waals surface area contributed by atoms with Gasteiger partial charge in [-0.2, -0.15) is 0 Å². The Bertz CT molecular complexity index is 640. The molecule has 0 aromatic heterocycles. The number of nitrogens with zero attached hydrogens (tertiary/aromatic N) is 1. The molecule has 4 N–H and O–H groups in total. The van der Waals surface area contributed by atoms with Gasteiger partial charge in [-0.25, -0.2) is 13.6 Å². The van der Waals surface area contributed by atoms with Crippen LogP contribution in [0.1, 0.15) is 26.3 Å². The Morgan fingerprint density at radius 1 is 1.25 bits per heavy atom. The van der Waals surface area contributed by atoms with E-state index in [-0.39, 0.29) is 10.5 Å². The van der Waals surface area contributed by atoms with Crippen LogP contribution in [0.3, 0.4) is 0 Å². The molecule has 136 valence electrons. The van der Waals surface area contributed by atoms with Gasteiger partial charge in [0.15, 0.2) is 5.96 Å². The zero-order chi connectivity index (χ0) is 18.2. The molecule has 0 spiro atoms. The number of guanidine groups is 1. The number of hydrogen-bond donors (Lipinski definition) is 3. The van der Waals surface area contributed by atoms with Gasteiger partial charge in [-0.05, 0) is 44.9 Å². The molecule has 0 aliphatic rings. The first kappa shape index (κ1) is 20.4. The van der Waals surface area contributed by atoms with Crippen molar-refractivity contribution in [1.82, 2.24) is 10.6 Å². The molecule has 7 nitrogen and oxygen atoms in total. The molecule has 0 amide bonds. The largest absolute Gasteiger partial charge is 0.377 e. The lowest BCUT2D eigenvalue weighted by Crippen LogP contribution is -2.40. The van der Waals surface area contributed by atoms with E-state index in [0.29, 0.717) is 13.1 Å². The molecule has 0 saturated carbocycles. The summed E-state index contributed by atoms with van der Waals surface area (Å²) in [4.78, 5) is 4.63. The summed E-state index contributed by atoms with van der Waals surface area (Å²) in [5.41, 5.74) is 0.703. The molecule has 0 saturated heterocycles. The van der Waals surface area contributed by atoms with Crippen molar-refractivity contribution in [1.29, 1.82) is 0 Å². The van der Waals surface area contributed by atoms with E-state index >= 15 is 0 Å². The maximum absolute atomic E-state index is 11.2. The molecule has 0 heterocycles. The van der Waals surface area contributed by atoms with Gasteiger partial charge in [0, 0.05) is 20.2 Å². The summed E-state index contributed by atoms with van der Waals surface area (Å²) >= 11 is 0. The summed E-state index contributed by atoms with van der Waals surface area (Å²) in [6.45, 7) is 7.95. The van der Waals surface area contributed by atoms with E-state index in [9.17, 15) is 8.42 Å². The molecule has 0 unspecified atom stereocenters. The number of aliphatic imine (C=N–C) groups is 1.